The van der Waals surface area contributed by atoms with Gasteiger partial charge in [0.1, 0.15) is 6.54 Å². The second-order valence-corrected chi connectivity index (χ2v) is 5.55. The van der Waals surface area contributed by atoms with Crippen LogP contribution in [0, 0.1) is 11.3 Å². The molecule has 0 saturated heterocycles. The van der Waals surface area contributed by atoms with E-state index in [0.717, 1.165) is 4.31 Å². The lowest BCUT2D eigenvalue weighted by Crippen LogP contribution is -2.27. The van der Waals surface area contributed by atoms with Crippen molar-refractivity contribution in [3.8, 4) is 6.07 Å². The molecule has 0 aliphatic heterocycles. The highest BCUT2D eigenvalue weighted by molar-refractivity contribution is 7.89. The minimum Gasteiger partial charge on any atom is -0.295 e. The van der Waals surface area contributed by atoms with Gasteiger partial charge in [-0.25, -0.2) is 8.42 Å². The van der Waals surface area contributed by atoms with Crippen LogP contribution < -0.4 is 0 Å². The number of carbonyl (C=O) groups excluding carboxylic acids is 1. The van der Waals surface area contributed by atoms with Crippen LogP contribution in [0.4, 0.5) is 0 Å². The number of Topliss-reactive ketones (excluding diaryl/α,β-unsaturated/α-hetero) is 1. The molecule has 0 saturated carbocycles. The van der Waals surface area contributed by atoms with Crippen molar-refractivity contribution >= 4 is 15.8 Å². The van der Waals surface area contributed by atoms with Gasteiger partial charge in [0.25, 0.3) is 0 Å². The summed E-state index contributed by atoms with van der Waals surface area (Å²) in [5.74, 6) is -0.204. The third-order valence-corrected chi connectivity index (χ3v) is 4.04. The first-order valence-electron chi connectivity index (χ1n) is 4.84. The minimum absolute atomic E-state index is 0.0166. The predicted octanol–water partition coefficient (Wildman–Crippen LogP) is 1.03. The third kappa shape index (κ3) is 2.90. The molecule has 0 unspecified atom stereocenters. The molecular formula is C11H12N2O3S. The number of benzene rings is 1. The van der Waals surface area contributed by atoms with Crippen LogP contribution in [0.2, 0.25) is 0 Å². The van der Waals surface area contributed by atoms with Gasteiger partial charge in [-0.2, -0.15) is 9.57 Å². The fraction of sp³-hybridized carbons (Fsp3) is 0.273. The zero-order valence-electron chi connectivity index (χ0n) is 9.54. The molecule has 17 heavy (non-hydrogen) atoms. The zero-order chi connectivity index (χ0) is 13.1. The summed E-state index contributed by atoms with van der Waals surface area (Å²) in [5.41, 5.74) is 0.330. The predicted molar refractivity (Wildman–Crippen MR) is 61.9 cm³/mol. The van der Waals surface area contributed by atoms with Crippen molar-refractivity contribution in [1.29, 1.82) is 5.26 Å². The third-order valence-electron chi connectivity index (χ3n) is 2.24. The van der Waals surface area contributed by atoms with E-state index in [1.54, 1.807) is 12.1 Å². The maximum atomic E-state index is 12.0. The highest BCUT2D eigenvalue weighted by Crippen LogP contribution is 2.15. The molecule has 0 N–H and O–H groups in total. The molecule has 0 aromatic heterocycles. The van der Waals surface area contributed by atoms with Gasteiger partial charge < -0.3 is 0 Å². The van der Waals surface area contributed by atoms with Crippen LogP contribution in [0.3, 0.4) is 0 Å². The van der Waals surface area contributed by atoms with Crippen LogP contribution in [-0.2, 0) is 10.0 Å². The maximum absolute atomic E-state index is 12.0. The fourth-order valence-electron chi connectivity index (χ4n) is 1.24. The topological polar surface area (TPSA) is 78.2 Å². The number of nitrogens with zero attached hydrogens (tertiary/aromatic N) is 2. The lowest BCUT2D eigenvalue weighted by Gasteiger charge is -2.13. The molecule has 90 valence electrons. The summed E-state index contributed by atoms with van der Waals surface area (Å²) >= 11 is 0. The van der Waals surface area contributed by atoms with Crippen molar-refractivity contribution < 1.29 is 13.2 Å². The van der Waals surface area contributed by atoms with Crippen molar-refractivity contribution in [3.63, 3.8) is 0 Å². The quantitative estimate of drug-likeness (QED) is 0.592. The van der Waals surface area contributed by atoms with E-state index in [9.17, 15) is 13.2 Å². The smallest absolute Gasteiger partial charge is 0.243 e. The molecule has 0 fully saturated rings. The maximum Gasteiger partial charge on any atom is 0.243 e. The number of rotatable bonds is 4. The summed E-state index contributed by atoms with van der Waals surface area (Å²) in [4.78, 5) is 11.2. The Morgan fingerprint density at radius 1 is 1.47 bits per heavy atom. The molecule has 5 nitrogen and oxygen atoms in total. The van der Waals surface area contributed by atoms with E-state index in [0.29, 0.717) is 5.56 Å². The minimum atomic E-state index is -3.70. The summed E-state index contributed by atoms with van der Waals surface area (Å²) in [5, 5.41) is 8.48. The Labute approximate surface area is 100 Å². The van der Waals surface area contributed by atoms with Gasteiger partial charge >= 0.3 is 0 Å². The monoisotopic (exact) mass is 252 g/mol. The fourth-order valence-corrected chi connectivity index (χ4v) is 2.35. The number of nitriles is 1. The van der Waals surface area contributed by atoms with Crippen LogP contribution in [-0.4, -0.2) is 32.1 Å². The van der Waals surface area contributed by atoms with Gasteiger partial charge in [-0.05, 0) is 19.1 Å². The average Bonchev–Trinajstić information content (AvgIpc) is 2.29. The number of carbonyl (C=O) groups is 1. The Bertz CT molecular complexity index is 573. The van der Waals surface area contributed by atoms with Crippen molar-refractivity contribution in [2.75, 3.05) is 13.6 Å². The lowest BCUT2D eigenvalue weighted by molar-refractivity contribution is 0.101. The van der Waals surface area contributed by atoms with Crippen molar-refractivity contribution in [3.05, 3.63) is 29.8 Å². The second kappa shape index (κ2) is 5.08. The number of ketones is 1. The molecule has 1 aromatic rings. The van der Waals surface area contributed by atoms with Gasteiger partial charge in [-0.15, -0.1) is 0 Å². The van der Waals surface area contributed by atoms with Gasteiger partial charge in [-0.3, -0.25) is 4.79 Å². The molecule has 0 bridgehead atoms. The molecule has 0 heterocycles. The summed E-state index contributed by atoms with van der Waals surface area (Å²) in [6, 6.07) is 7.52. The van der Waals surface area contributed by atoms with Gasteiger partial charge in [0.15, 0.2) is 5.78 Å². The van der Waals surface area contributed by atoms with Crippen molar-refractivity contribution in [2.24, 2.45) is 0 Å². The molecule has 0 atom stereocenters. The normalized spacial score (nSPS) is 11.2. The van der Waals surface area contributed by atoms with Gasteiger partial charge in [0.2, 0.25) is 10.0 Å². The number of hydrogen-bond donors (Lipinski definition) is 0. The molecule has 0 radical (unpaired) electrons. The highest BCUT2D eigenvalue weighted by Gasteiger charge is 2.20. The van der Waals surface area contributed by atoms with E-state index in [2.05, 4.69) is 0 Å². The Kier molecular flexibility index (Phi) is 3.99. The summed E-state index contributed by atoms with van der Waals surface area (Å²) < 4.78 is 24.9. The van der Waals surface area contributed by atoms with Crippen LogP contribution in [0.5, 0.6) is 0 Å². The van der Waals surface area contributed by atoms with Gasteiger partial charge in [-0.1, -0.05) is 12.1 Å². The summed E-state index contributed by atoms with van der Waals surface area (Å²) in [6.07, 6.45) is 0. The van der Waals surface area contributed by atoms with Crippen LogP contribution in [0.1, 0.15) is 17.3 Å². The van der Waals surface area contributed by atoms with E-state index in [1.807, 2.05) is 0 Å². The van der Waals surface area contributed by atoms with Crippen molar-refractivity contribution in [1.82, 2.24) is 4.31 Å². The first-order valence-corrected chi connectivity index (χ1v) is 6.28. The Morgan fingerprint density at radius 3 is 2.65 bits per heavy atom. The molecular weight excluding hydrogens is 240 g/mol. The Hall–Kier alpha value is -1.71. The Balaban J connectivity index is 3.21. The average molecular weight is 252 g/mol. The zero-order valence-corrected chi connectivity index (χ0v) is 10.4. The molecule has 1 rings (SSSR count). The molecule has 0 aliphatic carbocycles. The van der Waals surface area contributed by atoms with Crippen LogP contribution in [0.25, 0.3) is 0 Å². The van der Waals surface area contributed by atoms with Gasteiger partial charge in [0, 0.05) is 12.6 Å². The van der Waals surface area contributed by atoms with Crippen LogP contribution in [0.15, 0.2) is 29.2 Å². The molecule has 0 aliphatic rings. The summed E-state index contributed by atoms with van der Waals surface area (Å²) in [7, 11) is -2.38. The molecule has 0 amide bonds. The van der Waals surface area contributed by atoms with Crippen LogP contribution >= 0.6 is 0 Å². The highest BCUT2D eigenvalue weighted by atomic mass is 32.2. The van der Waals surface area contributed by atoms with Crippen molar-refractivity contribution in [2.45, 2.75) is 11.8 Å². The van der Waals surface area contributed by atoms with E-state index in [1.165, 1.54) is 32.2 Å². The first kappa shape index (κ1) is 13.4. The van der Waals surface area contributed by atoms with Gasteiger partial charge in [0.05, 0.1) is 11.0 Å². The van der Waals surface area contributed by atoms with E-state index < -0.39 is 10.0 Å². The molecule has 0 spiro atoms. The van der Waals surface area contributed by atoms with E-state index in [4.69, 9.17) is 5.26 Å². The SMILES string of the molecule is CC(=O)c1cccc(S(=O)(=O)N(C)CC#N)c1. The summed E-state index contributed by atoms with van der Waals surface area (Å²) in [6.45, 7) is 1.14. The first-order chi connectivity index (χ1) is 7.89. The Morgan fingerprint density at radius 2 is 2.12 bits per heavy atom. The standard InChI is InChI=1S/C11H12N2O3S/c1-9(14)10-4-3-5-11(8-10)17(15,16)13(2)7-6-12/h3-5,8H,7H2,1-2H3. The largest absolute Gasteiger partial charge is 0.295 e. The molecule has 6 heteroatoms. The number of sulfonamides is 1. The number of hydrogen-bond acceptors (Lipinski definition) is 4. The lowest BCUT2D eigenvalue weighted by atomic mass is 10.2. The van der Waals surface area contributed by atoms with E-state index in [-0.39, 0.29) is 17.2 Å². The van der Waals surface area contributed by atoms with E-state index >= 15 is 0 Å². The molecule has 1 aromatic carbocycles. The second-order valence-electron chi connectivity index (χ2n) is 3.50.